The summed E-state index contributed by atoms with van der Waals surface area (Å²) in [7, 11) is 0. The van der Waals surface area contributed by atoms with Crippen molar-refractivity contribution in [2.75, 3.05) is 0 Å². The highest BCUT2D eigenvalue weighted by molar-refractivity contribution is 6.09. The summed E-state index contributed by atoms with van der Waals surface area (Å²) in [6.07, 6.45) is 1.84. The van der Waals surface area contributed by atoms with E-state index in [-0.39, 0.29) is 16.7 Å². The molecule has 12 aromatic rings. The molecule has 1 nitrogen and oxygen atoms in total. The minimum absolute atomic E-state index is 0.172. The number of aromatic nitrogens is 1. The summed E-state index contributed by atoms with van der Waals surface area (Å²) < 4.78 is 2.44. The van der Waals surface area contributed by atoms with Crippen LogP contribution in [0.15, 0.2) is 255 Å². The molecule has 11 aromatic carbocycles. The van der Waals surface area contributed by atoms with Crippen LogP contribution < -0.4 is 0 Å². The number of nitrogens with zero attached hydrogens (tertiary/aromatic N) is 1. The Balaban J connectivity index is 0.839. The van der Waals surface area contributed by atoms with Crippen LogP contribution in [0.1, 0.15) is 72.6 Å². The summed E-state index contributed by atoms with van der Waals surface area (Å²) in [5.74, 6) is 0.248. The molecule has 1 atom stereocenters. The Kier molecular flexibility index (Phi) is 10.8. The number of hydrogen-bond acceptors (Lipinski definition) is 0. The first-order valence-corrected chi connectivity index (χ1v) is 27.1. The molecule has 1 heteroatoms. The molecule has 1 unspecified atom stereocenters. The van der Waals surface area contributed by atoms with Crippen molar-refractivity contribution >= 4 is 21.8 Å². The van der Waals surface area contributed by atoms with Crippen LogP contribution in [0.3, 0.4) is 0 Å². The minimum atomic E-state index is -0.199. The van der Waals surface area contributed by atoms with Crippen LogP contribution in [0, 0.1) is 0 Å². The summed E-state index contributed by atoms with van der Waals surface area (Å²) in [4.78, 5) is 0. The Hall–Kier alpha value is -8.78. The van der Waals surface area contributed by atoms with Crippen molar-refractivity contribution in [3.8, 4) is 72.4 Å². The Morgan fingerprint density at radius 2 is 0.816 bits per heavy atom. The molecular formula is C75H59N. The zero-order chi connectivity index (χ0) is 51.1. The summed E-state index contributed by atoms with van der Waals surface area (Å²) in [6.45, 7) is 9.76. The van der Waals surface area contributed by atoms with Gasteiger partial charge in [0.2, 0.25) is 0 Å². The largest absolute Gasteiger partial charge is 0.309 e. The van der Waals surface area contributed by atoms with Crippen molar-refractivity contribution in [2.24, 2.45) is 0 Å². The van der Waals surface area contributed by atoms with E-state index in [1.807, 2.05) is 0 Å². The number of para-hydroxylation sites is 2. The van der Waals surface area contributed by atoms with Gasteiger partial charge >= 0.3 is 0 Å². The van der Waals surface area contributed by atoms with E-state index in [0.29, 0.717) is 0 Å². The quantitative estimate of drug-likeness (QED) is 0.129. The van der Waals surface area contributed by atoms with E-state index in [0.717, 1.165) is 12.8 Å². The molecule has 0 saturated carbocycles. The number of rotatable bonds is 10. The van der Waals surface area contributed by atoms with Crippen LogP contribution in [0.25, 0.3) is 94.3 Å². The summed E-state index contributed by atoms with van der Waals surface area (Å²) >= 11 is 0. The van der Waals surface area contributed by atoms with Gasteiger partial charge in [0.1, 0.15) is 0 Å². The molecule has 0 N–H and O–H groups in total. The summed E-state index contributed by atoms with van der Waals surface area (Å²) in [5.41, 5.74) is 28.5. The zero-order valence-electron chi connectivity index (χ0n) is 43.7. The lowest BCUT2D eigenvalue weighted by Gasteiger charge is -2.25. The first-order chi connectivity index (χ1) is 37.2. The van der Waals surface area contributed by atoms with Crippen LogP contribution in [0.4, 0.5) is 0 Å². The lowest BCUT2D eigenvalue weighted by atomic mass is 9.78. The van der Waals surface area contributed by atoms with Gasteiger partial charge in [0.25, 0.3) is 0 Å². The summed E-state index contributed by atoms with van der Waals surface area (Å²) in [6, 6.07) is 95.5. The van der Waals surface area contributed by atoms with Gasteiger partial charge in [0.05, 0.1) is 11.0 Å². The first kappa shape index (κ1) is 45.8. The Morgan fingerprint density at radius 1 is 0.316 bits per heavy atom. The third-order valence-corrected chi connectivity index (χ3v) is 17.2. The van der Waals surface area contributed by atoms with E-state index in [1.54, 1.807) is 0 Å². The fourth-order valence-corrected chi connectivity index (χ4v) is 13.3. The molecule has 0 radical (unpaired) electrons. The molecule has 364 valence electrons. The van der Waals surface area contributed by atoms with E-state index >= 15 is 0 Å². The standard InChI is InChI=1S/C75H59N/c1-74(2)67-31-19-30-61(56-26-18-27-60(46-56)76-71-32-16-14-28-63(71)64-29-15-17-33-72(64)76)73(67)66-48-69-65(47-70(66)74)62-39-34-49(44-68(62)75(69,3)4)40-57(55-37-35-54(36-38-55)51-20-8-5-9-21-51)41-50-42-58(52-22-10-6-11-23-52)45-59(43-50)53-24-12-7-13-25-53/h5-39,42-48,57H,40-41H2,1-4H3. The highest BCUT2D eigenvalue weighted by Gasteiger charge is 2.42. The number of fused-ring (bicyclic) bond motifs is 9. The highest BCUT2D eigenvalue weighted by atomic mass is 15.0. The molecular weight excluding hydrogens is 915 g/mol. The van der Waals surface area contributed by atoms with Crippen molar-refractivity contribution in [3.05, 3.63) is 294 Å². The van der Waals surface area contributed by atoms with Crippen molar-refractivity contribution in [1.29, 1.82) is 0 Å². The maximum Gasteiger partial charge on any atom is 0.0541 e. The molecule has 0 amide bonds. The predicted molar refractivity (Wildman–Crippen MR) is 321 cm³/mol. The minimum Gasteiger partial charge on any atom is -0.309 e. The number of benzene rings is 11. The topological polar surface area (TPSA) is 4.93 Å². The van der Waals surface area contributed by atoms with Crippen LogP contribution in [0.2, 0.25) is 0 Å². The number of hydrogen-bond donors (Lipinski definition) is 0. The fourth-order valence-electron chi connectivity index (χ4n) is 13.3. The van der Waals surface area contributed by atoms with Gasteiger partial charge < -0.3 is 4.57 Å². The van der Waals surface area contributed by atoms with E-state index in [1.165, 1.54) is 133 Å². The van der Waals surface area contributed by atoms with Gasteiger partial charge in [-0.05, 0) is 167 Å². The molecule has 2 aliphatic carbocycles. The second kappa shape index (κ2) is 18.0. The SMILES string of the molecule is CC1(C)c2cc(CC(Cc3cc(-c4ccccc4)cc(-c4ccccc4)c3)c3ccc(-c4ccccc4)cc3)ccc2-c2cc3c(cc21)-c1c(-c2cccc(-n4c5ccccc5c5ccccc54)c2)cccc1C3(C)C. The van der Waals surface area contributed by atoms with Gasteiger partial charge in [-0.25, -0.2) is 0 Å². The predicted octanol–water partition coefficient (Wildman–Crippen LogP) is 19.6. The van der Waals surface area contributed by atoms with E-state index in [9.17, 15) is 0 Å². The van der Waals surface area contributed by atoms with Gasteiger partial charge in [-0.3, -0.25) is 0 Å². The molecule has 14 rings (SSSR count). The van der Waals surface area contributed by atoms with Crippen molar-refractivity contribution in [1.82, 2.24) is 4.57 Å². The summed E-state index contributed by atoms with van der Waals surface area (Å²) in [5, 5.41) is 2.56. The first-order valence-electron chi connectivity index (χ1n) is 27.1. The average Bonchev–Trinajstić information content (AvgIpc) is 4.06. The van der Waals surface area contributed by atoms with Gasteiger partial charge in [-0.2, -0.15) is 0 Å². The molecule has 2 aliphatic rings. The van der Waals surface area contributed by atoms with Crippen LogP contribution in [0.5, 0.6) is 0 Å². The molecule has 0 bridgehead atoms. The second-order valence-electron chi connectivity index (χ2n) is 22.5. The molecule has 0 saturated heterocycles. The lowest BCUT2D eigenvalue weighted by molar-refractivity contribution is 0.648. The van der Waals surface area contributed by atoms with Gasteiger partial charge in [0.15, 0.2) is 0 Å². The third kappa shape index (κ3) is 7.59. The zero-order valence-corrected chi connectivity index (χ0v) is 43.7. The van der Waals surface area contributed by atoms with Crippen LogP contribution >= 0.6 is 0 Å². The molecule has 1 aromatic heterocycles. The fraction of sp³-hybridized carbons (Fsp3) is 0.120. The van der Waals surface area contributed by atoms with Crippen molar-refractivity contribution in [2.45, 2.75) is 57.3 Å². The average molecular weight is 974 g/mol. The Bertz CT molecular complexity index is 4080. The van der Waals surface area contributed by atoms with Gasteiger partial charge in [0, 0.05) is 27.3 Å². The smallest absolute Gasteiger partial charge is 0.0541 e. The molecule has 0 fully saturated rings. The second-order valence-corrected chi connectivity index (χ2v) is 22.5. The molecule has 76 heavy (non-hydrogen) atoms. The van der Waals surface area contributed by atoms with Gasteiger partial charge in [-0.15, -0.1) is 0 Å². The lowest BCUT2D eigenvalue weighted by Crippen LogP contribution is -2.17. The third-order valence-electron chi connectivity index (χ3n) is 17.2. The van der Waals surface area contributed by atoms with Crippen molar-refractivity contribution < 1.29 is 0 Å². The van der Waals surface area contributed by atoms with E-state index in [2.05, 4.69) is 287 Å². The maximum absolute atomic E-state index is 2.58. The Morgan fingerprint density at radius 3 is 1.46 bits per heavy atom. The Labute approximate surface area is 447 Å². The molecule has 1 heterocycles. The van der Waals surface area contributed by atoms with Crippen molar-refractivity contribution in [3.63, 3.8) is 0 Å². The van der Waals surface area contributed by atoms with Crippen LogP contribution in [-0.2, 0) is 23.7 Å². The van der Waals surface area contributed by atoms with E-state index < -0.39 is 0 Å². The monoisotopic (exact) mass is 973 g/mol. The van der Waals surface area contributed by atoms with Gasteiger partial charge in [-0.1, -0.05) is 240 Å². The molecule has 0 spiro atoms. The van der Waals surface area contributed by atoms with E-state index in [4.69, 9.17) is 0 Å². The van der Waals surface area contributed by atoms with Crippen LogP contribution in [-0.4, -0.2) is 4.57 Å². The highest BCUT2D eigenvalue weighted by Crippen LogP contribution is 2.58. The maximum atomic E-state index is 2.58. The normalized spacial score (nSPS) is 14.1. The molecule has 0 aliphatic heterocycles.